The molecule has 194 valence electrons. The molecule has 1 atom stereocenters. The van der Waals surface area contributed by atoms with Gasteiger partial charge in [-0.05, 0) is 48.4 Å². The molecule has 8 heteroatoms. The van der Waals surface area contributed by atoms with E-state index in [1.807, 2.05) is 60.7 Å². The summed E-state index contributed by atoms with van der Waals surface area (Å²) in [7, 11) is 0. The summed E-state index contributed by atoms with van der Waals surface area (Å²) in [5, 5.41) is 0.544. The summed E-state index contributed by atoms with van der Waals surface area (Å²) in [6, 6.07) is 23.1. The third kappa shape index (κ3) is 5.44. The number of hydrogen-bond acceptors (Lipinski definition) is 6. The van der Waals surface area contributed by atoms with Crippen LogP contribution in [0.1, 0.15) is 29.7 Å². The second kappa shape index (κ2) is 11.6. The standard InChI is InChI=1S/C31H23ClN2O4S/c1-3-17-38-24-12-8-9-20(18-24)19-25-29(35)34-28(22-13-15-23(32)16-14-22)26(30(36)37-4-2)27(33-31(34)39-25)21-10-6-5-7-11-21/h1,5-16,18-19,28H,4,17H2,2H3/b25-19-/t28-/m1/s1. The molecule has 2 heterocycles. The molecule has 1 aliphatic heterocycles. The number of esters is 1. The summed E-state index contributed by atoms with van der Waals surface area (Å²) in [6.07, 6.45) is 7.09. The fraction of sp³-hybridized carbons (Fsp3) is 0.129. The lowest BCUT2D eigenvalue weighted by Gasteiger charge is -2.25. The number of ether oxygens (including phenoxy) is 2. The Hall–Kier alpha value is -4.38. The molecule has 4 aromatic rings. The Labute approximate surface area is 234 Å². The van der Waals surface area contributed by atoms with Gasteiger partial charge in [-0.15, -0.1) is 6.42 Å². The van der Waals surface area contributed by atoms with Gasteiger partial charge in [-0.1, -0.05) is 83.5 Å². The van der Waals surface area contributed by atoms with Crippen molar-refractivity contribution in [1.29, 1.82) is 0 Å². The van der Waals surface area contributed by atoms with Crippen LogP contribution < -0.4 is 19.6 Å². The van der Waals surface area contributed by atoms with Crippen LogP contribution in [0.25, 0.3) is 11.8 Å². The molecule has 1 aromatic heterocycles. The summed E-state index contributed by atoms with van der Waals surface area (Å²) >= 11 is 7.43. The van der Waals surface area contributed by atoms with Gasteiger partial charge in [0.15, 0.2) is 4.80 Å². The maximum atomic E-state index is 13.9. The average molecular weight is 555 g/mol. The van der Waals surface area contributed by atoms with E-state index >= 15 is 0 Å². The molecular weight excluding hydrogens is 532 g/mol. The van der Waals surface area contributed by atoms with Crippen molar-refractivity contribution in [3.05, 3.63) is 126 Å². The maximum Gasteiger partial charge on any atom is 0.338 e. The lowest BCUT2D eigenvalue weighted by atomic mass is 9.93. The number of carbonyl (C=O) groups excluding carboxylic acids is 1. The number of carbonyl (C=O) groups is 1. The van der Waals surface area contributed by atoms with Crippen molar-refractivity contribution < 1.29 is 14.3 Å². The number of halogens is 1. The van der Waals surface area contributed by atoms with Crippen molar-refractivity contribution >= 4 is 40.7 Å². The topological polar surface area (TPSA) is 69.9 Å². The molecule has 0 unspecified atom stereocenters. The fourth-order valence-corrected chi connectivity index (χ4v) is 5.50. The number of fused-ring (bicyclic) bond motifs is 1. The van der Waals surface area contributed by atoms with Gasteiger partial charge in [0.25, 0.3) is 5.56 Å². The second-order valence-corrected chi connectivity index (χ2v) is 9.99. The summed E-state index contributed by atoms with van der Waals surface area (Å²) in [4.78, 5) is 32.7. The predicted molar refractivity (Wildman–Crippen MR) is 153 cm³/mol. The first-order chi connectivity index (χ1) is 19.0. The zero-order chi connectivity index (χ0) is 27.4. The van der Waals surface area contributed by atoms with Crippen molar-refractivity contribution in [3.63, 3.8) is 0 Å². The normalized spacial score (nSPS) is 14.8. The molecule has 0 saturated heterocycles. The van der Waals surface area contributed by atoms with Crippen LogP contribution in [0.3, 0.4) is 0 Å². The molecule has 0 amide bonds. The van der Waals surface area contributed by atoms with Gasteiger partial charge in [0, 0.05) is 10.6 Å². The Balaban J connectivity index is 1.76. The van der Waals surface area contributed by atoms with Crippen molar-refractivity contribution in [1.82, 2.24) is 4.57 Å². The Morgan fingerprint density at radius 3 is 2.62 bits per heavy atom. The van der Waals surface area contributed by atoms with Crippen LogP contribution in [0.15, 0.2) is 94.2 Å². The van der Waals surface area contributed by atoms with Crippen molar-refractivity contribution in [2.24, 2.45) is 4.99 Å². The van der Waals surface area contributed by atoms with E-state index in [2.05, 4.69) is 5.92 Å². The number of aromatic nitrogens is 1. The van der Waals surface area contributed by atoms with E-state index in [0.29, 0.717) is 31.4 Å². The third-order valence-electron chi connectivity index (χ3n) is 6.04. The lowest BCUT2D eigenvalue weighted by Crippen LogP contribution is -2.40. The molecule has 5 rings (SSSR count). The first-order valence-corrected chi connectivity index (χ1v) is 13.4. The van der Waals surface area contributed by atoms with Gasteiger partial charge in [0.2, 0.25) is 0 Å². The average Bonchev–Trinajstić information content (AvgIpc) is 3.26. The predicted octanol–water partition coefficient (Wildman–Crippen LogP) is 4.60. The van der Waals surface area contributed by atoms with Crippen LogP contribution in [-0.2, 0) is 9.53 Å². The third-order valence-corrected chi connectivity index (χ3v) is 7.27. The SMILES string of the molecule is C#CCOc1cccc(/C=c2\sc3n(c2=O)[C@H](c2ccc(Cl)cc2)C(C(=O)OCC)=C(c2ccccc2)N=3)c1. The Kier molecular flexibility index (Phi) is 7.78. The largest absolute Gasteiger partial charge is 0.481 e. The monoisotopic (exact) mass is 554 g/mol. The number of nitrogens with zero attached hydrogens (tertiary/aromatic N) is 2. The molecule has 0 saturated carbocycles. The van der Waals surface area contributed by atoms with Crippen LogP contribution in [0.4, 0.5) is 0 Å². The highest BCUT2D eigenvalue weighted by molar-refractivity contribution is 7.07. The van der Waals surface area contributed by atoms with Gasteiger partial charge in [-0.3, -0.25) is 9.36 Å². The summed E-state index contributed by atoms with van der Waals surface area (Å²) in [5.41, 5.74) is 2.70. The highest BCUT2D eigenvalue weighted by Crippen LogP contribution is 2.35. The zero-order valence-electron chi connectivity index (χ0n) is 21.0. The van der Waals surface area contributed by atoms with Gasteiger partial charge in [-0.2, -0.15) is 0 Å². The highest BCUT2D eigenvalue weighted by Gasteiger charge is 2.35. The molecule has 1 aliphatic rings. The van der Waals surface area contributed by atoms with Crippen molar-refractivity contribution in [2.75, 3.05) is 13.2 Å². The van der Waals surface area contributed by atoms with Gasteiger partial charge in [0.1, 0.15) is 12.4 Å². The van der Waals surface area contributed by atoms with Crippen molar-refractivity contribution in [3.8, 4) is 18.1 Å². The molecule has 0 radical (unpaired) electrons. The maximum absolute atomic E-state index is 13.9. The van der Waals surface area contributed by atoms with Crippen LogP contribution in [0, 0.1) is 12.3 Å². The van der Waals surface area contributed by atoms with Crippen LogP contribution in [0.5, 0.6) is 5.75 Å². The number of thiazole rings is 1. The molecule has 0 bridgehead atoms. The second-order valence-electron chi connectivity index (χ2n) is 8.55. The van der Waals surface area contributed by atoms with E-state index in [-0.39, 0.29) is 24.3 Å². The smallest absolute Gasteiger partial charge is 0.338 e. The van der Waals surface area contributed by atoms with Crippen LogP contribution in [0.2, 0.25) is 5.02 Å². The van der Waals surface area contributed by atoms with E-state index in [1.165, 1.54) is 11.3 Å². The molecular formula is C31H23ClN2O4S. The molecule has 0 aliphatic carbocycles. The van der Waals surface area contributed by atoms with E-state index in [4.69, 9.17) is 32.5 Å². The number of benzene rings is 3. The molecule has 0 spiro atoms. The molecule has 0 N–H and O–H groups in total. The van der Waals surface area contributed by atoms with Gasteiger partial charge < -0.3 is 9.47 Å². The summed E-state index contributed by atoms with van der Waals surface area (Å²) in [6.45, 7) is 2.07. The van der Waals surface area contributed by atoms with E-state index in [9.17, 15) is 9.59 Å². The fourth-order valence-electron chi connectivity index (χ4n) is 4.37. The zero-order valence-corrected chi connectivity index (χ0v) is 22.5. The Morgan fingerprint density at radius 1 is 1.13 bits per heavy atom. The first-order valence-electron chi connectivity index (χ1n) is 12.2. The van der Waals surface area contributed by atoms with E-state index in [1.54, 1.807) is 35.8 Å². The Bertz CT molecular complexity index is 1780. The minimum Gasteiger partial charge on any atom is -0.481 e. The van der Waals surface area contributed by atoms with Crippen LogP contribution in [-0.4, -0.2) is 23.8 Å². The van der Waals surface area contributed by atoms with Gasteiger partial charge >= 0.3 is 5.97 Å². The van der Waals surface area contributed by atoms with Gasteiger partial charge in [-0.25, -0.2) is 9.79 Å². The first kappa shape index (κ1) is 26.2. The lowest BCUT2D eigenvalue weighted by molar-refractivity contribution is -0.138. The number of hydrogen-bond donors (Lipinski definition) is 0. The number of terminal acetylenes is 1. The van der Waals surface area contributed by atoms with E-state index in [0.717, 1.165) is 11.1 Å². The highest BCUT2D eigenvalue weighted by atomic mass is 35.5. The molecule has 3 aromatic carbocycles. The quantitative estimate of drug-likeness (QED) is 0.247. The molecule has 39 heavy (non-hydrogen) atoms. The van der Waals surface area contributed by atoms with E-state index < -0.39 is 12.0 Å². The molecule has 6 nitrogen and oxygen atoms in total. The minimum atomic E-state index is -0.764. The number of rotatable bonds is 7. The molecule has 0 fully saturated rings. The minimum absolute atomic E-state index is 0.144. The summed E-state index contributed by atoms with van der Waals surface area (Å²) < 4.78 is 13.0. The Morgan fingerprint density at radius 2 is 1.90 bits per heavy atom. The van der Waals surface area contributed by atoms with Crippen molar-refractivity contribution in [2.45, 2.75) is 13.0 Å². The van der Waals surface area contributed by atoms with Crippen LogP contribution >= 0.6 is 22.9 Å². The summed E-state index contributed by atoms with van der Waals surface area (Å²) in [5.74, 6) is 2.51. The van der Waals surface area contributed by atoms with Gasteiger partial charge in [0.05, 0.1) is 28.5 Å².